The van der Waals surface area contributed by atoms with E-state index in [1.54, 1.807) is 6.92 Å². The molecule has 7 nitrogen and oxygen atoms in total. The zero-order chi connectivity index (χ0) is 20.1. The molecule has 2 atom stereocenters. The molecule has 1 amide bonds. The van der Waals surface area contributed by atoms with Crippen molar-refractivity contribution >= 4 is 21.4 Å². The predicted octanol–water partition coefficient (Wildman–Crippen LogP) is 2.28. The maximum Gasteiger partial charge on any atom is 0.274 e. The van der Waals surface area contributed by atoms with Gasteiger partial charge in [0.2, 0.25) is 0 Å². The molecule has 1 saturated heterocycles. The maximum absolute atomic E-state index is 12.4. The molecule has 0 radical (unpaired) electrons. The van der Waals surface area contributed by atoms with Crippen LogP contribution in [0.15, 0.2) is 23.1 Å². The van der Waals surface area contributed by atoms with E-state index in [9.17, 15) is 13.2 Å². The number of nitrogens with two attached hydrogens (primary N) is 1. The van der Waals surface area contributed by atoms with Gasteiger partial charge in [0, 0.05) is 17.5 Å². The minimum Gasteiger partial charge on any atom is -0.398 e. The molecule has 8 heteroatoms. The fraction of sp³-hybridized carbons (Fsp3) is 0.650. The van der Waals surface area contributed by atoms with Crippen LogP contribution in [0.4, 0.5) is 5.69 Å². The molecule has 1 heterocycles. The summed E-state index contributed by atoms with van der Waals surface area (Å²) in [6, 6.07) is 4.71. The highest BCUT2D eigenvalue weighted by atomic mass is 32.2. The molecule has 0 spiro atoms. The van der Waals surface area contributed by atoms with E-state index < -0.39 is 15.7 Å². The van der Waals surface area contributed by atoms with Crippen LogP contribution in [-0.4, -0.2) is 39.3 Å². The summed E-state index contributed by atoms with van der Waals surface area (Å²) in [6.45, 7) is 3.04. The van der Waals surface area contributed by atoms with Gasteiger partial charge in [-0.25, -0.2) is 13.9 Å². The molecular weight excluding hydrogens is 378 g/mol. The van der Waals surface area contributed by atoms with Gasteiger partial charge in [-0.1, -0.05) is 26.2 Å². The zero-order valence-electron chi connectivity index (χ0n) is 16.4. The highest BCUT2D eigenvalue weighted by molar-refractivity contribution is 7.91. The number of benzene rings is 1. The van der Waals surface area contributed by atoms with Crippen molar-refractivity contribution in [3.8, 4) is 0 Å². The number of hydroxylamine groups is 1. The van der Waals surface area contributed by atoms with Gasteiger partial charge in [0.15, 0.2) is 9.84 Å². The van der Waals surface area contributed by atoms with Crippen LogP contribution in [0.2, 0.25) is 0 Å². The number of nitrogen functional groups attached to an aromatic ring is 1. The van der Waals surface area contributed by atoms with Crippen molar-refractivity contribution in [3.63, 3.8) is 0 Å². The molecule has 1 aromatic rings. The van der Waals surface area contributed by atoms with Crippen molar-refractivity contribution in [1.82, 2.24) is 10.8 Å². The fourth-order valence-electron chi connectivity index (χ4n) is 3.99. The highest BCUT2D eigenvalue weighted by Gasteiger charge is 2.30. The summed E-state index contributed by atoms with van der Waals surface area (Å²) >= 11 is 0. The van der Waals surface area contributed by atoms with E-state index in [4.69, 9.17) is 10.6 Å². The number of hydrogen-bond acceptors (Lipinski definition) is 6. The van der Waals surface area contributed by atoms with Gasteiger partial charge >= 0.3 is 0 Å². The summed E-state index contributed by atoms with van der Waals surface area (Å²) in [5.74, 6) is 0.603. The molecule has 0 aromatic heterocycles. The Morgan fingerprint density at radius 2 is 2.11 bits per heavy atom. The molecule has 4 N–H and O–H groups in total. The van der Waals surface area contributed by atoms with Crippen LogP contribution in [0.5, 0.6) is 0 Å². The number of anilines is 1. The molecule has 1 aliphatic carbocycles. The standard InChI is InChI=1S/C20H31N3O4S/c1-2-28(25,26)19-12-15(8-9-17(19)21)20(24)23-27-13-16(11-14-5-3-6-14)18-7-4-10-22-18/h8-9,12,14,16,18,22H,2-7,10-11,13,21H2,1H3,(H,23,24). The van der Waals surface area contributed by atoms with Crippen molar-refractivity contribution < 1.29 is 18.0 Å². The SMILES string of the molecule is CCS(=O)(=O)c1cc(C(=O)NOCC(CC2CCC2)C2CCCN2)ccc1N. The maximum atomic E-state index is 12.4. The van der Waals surface area contributed by atoms with Crippen LogP contribution < -0.4 is 16.5 Å². The van der Waals surface area contributed by atoms with Crippen LogP contribution in [0.3, 0.4) is 0 Å². The Kier molecular flexibility index (Phi) is 6.95. The zero-order valence-corrected chi connectivity index (χ0v) is 17.3. The van der Waals surface area contributed by atoms with Gasteiger partial charge in [0.05, 0.1) is 22.9 Å². The molecule has 28 heavy (non-hydrogen) atoms. The predicted molar refractivity (Wildman–Crippen MR) is 108 cm³/mol. The van der Waals surface area contributed by atoms with Crippen molar-refractivity contribution in [1.29, 1.82) is 0 Å². The van der Waals surface area contributed by atoms with E-state index in [0.717, 1.165) is 25.3 Å². The first kappa shape index (κ1) is 21.1. The topological polar surface area (TPSA) is 111 Å². The lowest BCUT2D eigenvalue weighted by atomic mass is 9.77. The summed E-state index contributed by atoms with van der Waals surface area (Å²) in [6.07, 6.45) is 7.33. The number of carbonyl (C=O) groups excluding carboxylic acids is 1. The van der Waals surface area contributed by atoms with Gasteiger partial charge in [-0.05, 0) is 49.9 Å². The number of hydrogen-bond donors (Lipinski definition) is 3. The van der Waals surface area contributed by atoms with E-state index >= 15 is 0 Å². The van der Waals surface area contributed by atoms with E-state index in [1.165, 1.54) is 43.9 Å². The van der Waals surface area contributed by atoms with E-state index in [2.05, 4.69) is 10.8 Å². The molecule has 156 valence electrons. The van der Waals surface area contributed by atoms with Gasteiger partial charge in [-0.3, -0.25) is 9.63 Å². The van der Waals surface area contributed by atoms with Crippen LogP contribution >= 0.6 is 0 Å². The molecule has 3 rings (SSSR count). The number of sulfone groups is 1. The molecule has 2 unspecified atom stereocenters. The van der Waals surface area contributed by atoms with Gasteiger partial charge in [-0.15, -0.1) is 0 Å². The lowest BCUT2D eigenvalue weighted by Gasteiger charge is -2.32. The first-order chi connectivity index (χ1) is 13.4. The minimum absolute atomic E-state index is 0.0133. The van der Waals surface area contributed by atoms with E-state index in [1.807, 2.05) is 0 Å². The molecule has 0 bridgehead atoms. The monoisotopic (exact) mass is 409 g/mol. The van der Waals surface area contributed by atoms with Crippen molar-refractivity contribution in [2.75, 3.05) is 24.6 Å². The number of carbonyl (C=O) groups is 1. The lowest BCUT2D eigenvalue weighted by Crippen LogP contribution is -2.38. The summed E-state index contributed by atoms with van der Waals surface area (Å²) < 4.78 is 24.3. The van der Waals surface area contributed by atoms with Gasteiger partial charge in [0.1, 0.15) is 0 Å². The van der Waals surface area contributed by atoms with E-state index in [-0.39, 0.29) is 21.9 Å². The number of nitrogens with one attached hydrogen (secondary N) is 2. The second-order valence-electron chi connectivity index (χ2n) is 7.89. The average Bonchev–Trinajstić information content (AvgIpc) is 3.17. The third-order valence-electron chi connectivity index (χ3n) is 5.98. The van der Waals surface area contributed by atoms with Crippen LogP contribution in [-0.2, 0) is 14.7 Å². The summed E-state index contributed by atoms with van der Waals surface area (Å²) in [4.78, 5) is 18.0. The smallest absolute Gasteiger partial charge is 0.274 e. The Hall–Kier alpha value is -1.64. The third kappa shape index (κ3) is 5.04. The van der Waals surface area contributed by atoms with Gasteiger partial charge in [-0.2, -0.15) is 0 Å². The minimum atomic E-state index is -3.49. The molecule has 2 fully saturated rings. The van der Waals surface area contributed by atoms with Gasteiger partial charge < -0.3 is 11.1 Å². The molecule has 1 aliphatic heterocycles. The first-order valence-electron chi connectivity index (χ1n) is 10.2. The van der Waals surface area contributed by atoms with Crippen molar-refractivity contribution in [3.05, 3.63) is 23.8 Å². The largest absolute Gasteiger partial charge is 0.398 e. The highest BCUT2D eigenvalue weighted by Crippen LogP contribution is 2.34. The Balaban J connectivity index is 1.58. The fourth-order valence-corrected chi connectivity index (χ4v) is 5.04. The summed E-state index contributed by atoms with van der Waals surface area (Å²) in [7, 11) is -3.49. The third-order valence-corrected chi connectivity index (χ3v) is 7.77. The second kappa shape index (κ2) is 9.24. The molecule has 1 aromatic carbocycles. The Morgan fingerprint density at radius 1 is 1.32 bits per heavy atom. The van der Waals surface area contributed by atoms with E-state index in [0.29, 0.717) is 18.6 Å². The van der Waals surface area contributed by atoms with Crippen LogP contribution in [0.25, 0.3) is 0 Å². The summed E-state index contributed by atoms with van der Waals surface area (Å²) in [5.41, 5.74) is 8.62. The van der Waals surface area contributed by atoms with Crippen LogP contribution in [0, 0.1) is 11.8 Å². The Morgan fingerprint density at radius 3 is 2.71 bits per heavy atom. The Labute approximate surface area is 167 Å². The summed E-state index contributed by atoms with van der Waals surface area (Å²) in [5, 5.41) is 3.54. The molecule has 2 aliphatic rings. The second-order valence-corrected chi connectivity index (χ2v) is 10.1. The number of rotatable bonds is 9. The van der Waals surface area contributed by atoms with Crippen molar-refractivity contribution in [2.24, 2.45) is 11.8 Å². The quantitative estimate of drug-likeness (QED) is 0.426. The first-order valence-corrected chi connectivity index (χ1v) is 11.8. The molecule has 1 saturated carbocycles. The van der Waals surface area contributed by atoms with Crippen LogP contribution in [0.1, 0.15) is 55.8 Å². The Bertz CT molecular complexity index is 787. The van der Waals surface area contributed by atoms with Gasteiger partial charge in [0.25, 0.3) is 5.91 Å². The van der Waals surface area contributed by atoms with Crippen molar-refractivity contribution in [2.45, 2.75) is 56.4 Å². The lowest BCUT2D eigenvalue weighted by molar-refractivity contribution is 0.00430. The molecular formula is C20H31N3O4S. The average molecular weight is 410 g/mol. The number of amides is 1. The normalized spacial score (nSPS) is 21.2.